The number of nitrogens with zero attached hydrogens (tertiary/aromatic N) is 4. The van der Waals surface area contributed by atoms with Crippen LogP contribution in [0.25, 0.3) is 0 Å². The molecule has 4 nitrogen and oxygen atoms in total. The summed E-state index contributed by atoms with van der Waals surface area (Å²) in [5, 5.41) is 9.16. The number of hydrogen-bond donors (Lipinski definition) is 0. The Morgan fingerprint density at radius 1 is 0.962 bits per heavy atom. The van der Waals surface area contributed by atoms with Crippen LogP contribution in [0.2, 0.25) is 0 Å². The van der Waals surface area contributed by atoms with Crippen molar-refractivity contribution in [3.8, 4) is 0 Å². The first kappa shape index (κ1) is 18.5. The molecule has 1 aromatic heterocycles. The van der Waals surface area contributed by atoms with Crippen LogP contribution < -0.4 is 4.90 Å². The Kier molecular flexibility index (Phi) is 5.33. The predicted octanol–water partition coefficient (Wildman–Crippen LogP) is 4.34. The van der Waals surface area contributed by atoms with Gasteiger partial charge in [0.25, 0.3) is 0 Å². The highest BCUT2D eigenvalue weighted by molar-refractivity contribution is 5.85. The van der Waals surface area contributed by atoms with Gasteiger partial charge in [-0.05, 0) is 30.9 Å². The highest BCUT2D eigenvalue weighted by Gasteiger charge is 2.50. The topological polar surface area (TPSA) is 34.0 Å². The zero-order chi connectivity index (χ0) is 17.3. The van der Waals surface area contributed by atoms with Crippen molar-refractivity contribution in [2.24, 2.45) is 7.05 Å². The average molecular weight is 369 g/mol. The van der Waals surface area contributed by atoms with Crippen LogP contribution in [0.15, 0.2) is 60.7 Å². The quantitative estimate of drug-likeness (QED) is 0.648. The van der Waals surface area contributed by atoms with E-state index in [1.165, 1.54) is 11.1 Å². The predicted molar refractivity (Wildman–Crippen MR) is 108 cm³/mol. The molecule has 1 aliphatic carbocycles. The Morgan fingerprint density at radius 3 is 2.15 bits per heavy atom. The maximum absolute atomic E-state index is 4.61. The first-order valence-corrected chi connectivity index (χ1v) is 8.99. The van der Waals surface area contributed by atoms with Gasteiger partial charge in [-0.2, -0.15) is 0 Å². The van der Waals surface area contributed by atoms with E-state index in [1.807, 2.05) is 0 Å². The summed E-state index contributed by atoms with van der Waals surface area (Å²) in [6.45, 7) is 3.92. The monoisotopic (exact) mass is 368 g/mol. The zero-order valence-electron chi connectivity index (χ0n) is 15.3. The van der Waals surface area contributed by atoms with Crippen LogP contribution in [0.5, 0.6) is 0 Å². The normalized spacial score (nSPS) is 14.5. The van der Waals surface area contributed by atoms with Gasteiger partial charge in [0.2, 0.25) is 5.95 Å². The Balaban J connectivity index is 0.00000196. The molecule has 1 saturated carbocycles. The lowest BCUT2D eigenvalue weighted by Crippen LogP contribution is -2.26. The van der Waals surface area contributed by atoms with Crippen LogP contribution in [-0.4, -0.2) is 21.3 Å². The summed E-state index contributed by atoms with van der Waals surface area (Å²) in [5.41, 5.74) is 2.69. The molecule has 0 radical (unpaired) electrons. The van der Waals surface area contributed by atoms with Crippen molar-refractivity contribution in [3.63, 3.8) is 0 Å². The van der Waals surface area contributed by atoms with Crippen LogP contribution in [-0.2, 0) is 19.0 Å². The van der Waals surface area contributed by atoms with Crippen LogP contribution >= 0.6 is 12.4 Å². The fraction of sp³-hybridized carbons (Fsp3) is 0.333. The second kappa shape index (κ2) is 7.50. The van der Waals surface area contributed by atoms with Gasteiger partial charge in [-0.25, -0.2) is 0 Å². The van der Waals surface area contributed by atoms with Crippen molar-refractivity contribution in [2.45, 2.75) is 31.7 Å². The number of aromatic nitrogens is 3. The molecule has 1 heterocycles. The van der Waals surface area contributed by atoms with E-state index in [2.05, 4.69) is 94.3 Å². The Labute approximate surface area is 161 Å². The maximum Gasteiger partial charge on any atom is 0.227 e. The van der Waals surface area contributed by atoms with E-state index in [-0.39, 0.29) is 17.8 Å². The van der Waals surface area contributed by atoms with Gasteiger partial charge >= 0.3 is 0 Å². The molecule has 0 saturated heterocycles. The third-order valence-electron chi connectivity index (χ3n) is 5.24. The lowest BCUT2D eigenvalue weighted by molar-refractivity contribution is 0.678. The van der Waals surface area contributed by atoms with E-state index >= 15 is 0 Å². The summed E-state index contributed by atoms with van der Waals surface area (Å²) in [5.74, 6) is 2.03. The molecule has 1 aliphatic rings. The lowest BCUT2D eigenvalue weighted by atomic mass is 9.95. The summed E-state index contributed by atoms with van der Waals surface area (Å²) in [6.07, 6.45) is 2.29. The van der Waals surface area contributed by atoms with Crippen molar-refractivity contribution in [1.82, 2.24) is 14.8 Å². The smallest absolute Gasteiger partial charge is 0.227 e. The number of anilines is 1. The van der Waals surface area contributed by atoms with Crippen LogP contribution in [0, 0.1) is 0 Å². The van der Waals surface area contributed by atoms with E-state index in [9.17, 15) is 0 Å². The summed E-state index contributed by atoms with van der Waals surface area (Å²) in [7, 11) is 2.10. The molecular formula is C21H25ClN4. The molecule has 0 bridgehead atoms. The molecule has 0 atom stereocenters. The summed E-state index contributed by atoms with van der Waals surface area (Å²) < 4.78 is 2.19. The van der Waals surface area contributed by atoms with Crippen molar-refractivity contribution in [3.05, 3.63) is 77.6 Å². The maximum atomic E-state index is 4.61. The first-order chi connectivity index (χ1) is 12.2. The average Bonchev–Trinajstić information content (AvgIpc) is 3.38. The van der Waals surface area contributed by atoms with Crippen LogP contribution in [0.4, 0.5) is 5.95 Å². The van der Waals surface area contributed by atoms with Gasteiger partial charge in [0.1, 0.15) is 5.82 Å². The number of halogens is 1. The van der Waals surface area contributed by atoms with Crippen molar-refractivity contribution < 1.29 is 0 Å². The van der Waals surface area contributed by atoms with E-state index in [4.69, 9.17) is 0 Å². The molecule has 1 fully saturated rings. The van der Waals surface area contributed by atoms with E-state index < -0.39 is 0 Å². The van der Waals surface area contributed by atoms with Crippen molar-refractivity contribution in [1.29, 1.82) is 0 Å². The van der Waals surface area contributed by atoms with Gasteiger partial charge in [0, 0.05) is 20.1 Å². The second-order valence-corrected chi connectivity index (χ2v) is 6.83. The minimum absolute atomic E-state index is 0. The molecule has 0 aliphatic heterocycles. The molecular weight excluding hydrogens is 344 g/mol. The molecule has 0 spiro atoms. The molecule has 2 aromatic carbocycles. The fourth-order valence-corrected chi connectivity index (χ4v) is 3.66. The van der Waals surface area contributed by atoms with Crippen molar-refractivity contribution >= 4 is 18.4 Å². The molecule has 0 N–H and O–H groups in total. The number of benzene rings is 2. The van der Waals surface area contributed by atoms with Gasteiger partial charge < -0.3 is 4.90 Å². The van der Waals surface area contributed by atoms with Crippen LogP contribution in [0.3, 0.4) is 0 Å². The minimum Gasteiger partial charge on any atom is -0.337 e. The van der Waals surface area contributed by atoms with E-state index in [1.54, 1.807) is 0 Å². The van der Waals surface area contributed by atoms with Gasteiger partial charge in [0.05, 0.1) is 5.41 Å². The highest BCUT2D eigenvalue weighted by atomic mass is 35.5. The zero-order valence-corrected chi connectivity index (χ0v) is 16.1. The molecule has 0 unspecified atom stereocenters. The third-order valence-corrected chi connectivity index (χ3v) is 5.24. The highest BCUT2D eigenvalue weighted by Crippen LogP contribution is 2.52. The number of rotatable bonds is 6. The number of hydrogen-bond acceptors (Lipinski definition) is 3. The fourth-order valence-electron chi connectivity index (χ4n) is 3.66. The standard InChI is InChI=1S/C21H24N4.ClH/c1-3-25(16-17-10-6-4-7-11-17)20-23-22-19(24(20)2)21(14-15-21)18-12-8-5-9-13-18;/h4-13H,3,14-16H2,1-2H3;1H. The SMILES string of the molecule is CCN(Cc1ccccc1)c1nnc(C2(c3ccccc3)CC2)n1C.Cl. The largest absolute Gasteiger partial charge is 0.337 e. The third kappa shape index (κ3) is 3.21. The molecule has 4 rings (SSSR count). The summed E-state index contributed by atoms with van der Waals surface area (Å²) >= 11 is 0. The van der Waals surface area contributed by atoms with Crippen LogP contribution in [0.1, 0.15) is 36.7 Å². The summed E-state index contributed by atoms with van der Waals surface area (Å²) in [4.78, 5) is 2.28. The van der Waals surface area contributed by atoms with E-state index in [0.29, 0.717) is 0 Å². The first-order valence-electron chi connectivity index (χ1n) is 8.99. The Morgan fingerprint density at radius 2 is 1.58 bits per heavy atom. The van der Waals surface area contributed by atoms with Gasteiger partial charge in [-0.3, -0.25) is 4.57 Å². The molecule has 5 heteroatoms. The molecule has 136 valence electrons. The summed E-state index contributed by atoms with van der Waals surface area (Å²) in [6, 6.07) is 21.3. The molecule has 0 amide bonds. The molecule has 3 aromatic rings. The van der Waals surface area contributed by atoms with Gasteiger partial charge in [-0.15, -0.1) is 22.6 Å². The van der Waals surface area contributed by atoms with E-state index in [0.717, 1.165) is 37.7 Å². The van der Waals surface area contributed by atoms with Crippen molar-refractivity contribution in [2.75, 3.05) is 11.4 Å². The Hall–Kier alpha value is -2.33. The lowest BCUT2D eigenvalue weighted by Gasteiger charge is -2.22. The van der Waals surface area contributed by atoms with Gasteiger partial charge in [-0.1, -0.05) is 60.7 Å². The van der Waals surface area contributed by atoms with Gasteiger partial charge in [0.15, 0.2) is 0 Å². The Bertz CT molecular complexity index is 841. The molecule has 26 heavy (non-hydrogen) atoms. The minimum atomic E-state index is 0. The second-order valence-electron chi connectivity index (χ2n) is 6.83.